The first-order valence-electron chi connectivity index (χ1n) is 7.75. The van der Waals surface area contributed by atoms with Crippen LogP contribution >= 0.6 is 11.6 Å². The topological polar surface area (TPSA) is 111 Å². The molecule has 0 radical (unpaired) electrons. The maximum Gasteiger partial charge on any atom is 0.331 e. The van der Waals surface area contributed by atoms with Crippen LogP contribution in [-0.2, 0) is 13.6 Å². The molecule has 0 fully saturated rings. The van der Waals surface area contributed by atoms with Gasteiger partial charge in [0.15, 0.2) is 22.9 Å². The van der Waals surface area contributed by atoms with Crippen molar-refractivity contribution in [1.29, 1.82) is 0 Å². The molecule has 0 atom stereocenters. The summed E-state index contributed by atoms with van der Waals surface area (Å²) in [6.07, 6.45) is 1.93. The van der Waals surface area contributed by atoms with Gasteiger partial charge in [0, 0.05) is 13.6 Å². The van der Waals surface area contributed by atoms with Gasteiger partial charge in [0.2, 0.25) is 0 Å². The van der Waals surface area contributed by atoms with Gasteiger partial charge in [0.25, 0.3) is 0 Å². The van der Waals surface area contributed by atoms with Crippen LogP contribution in [-0.4, -0.2) is 39.8 Å². The summed E-state index contributed by atoms with van der Waals surface area (Å²) in [5.41, 5.74) is -0.516. The summed E-state index contributed by atoms with van der Waals surface area (Å²) in [6.45, 7) is 3.58. The minimum Gasteiger partial charge on any atom is -0.390 e. The zero-order chi connectivity index (χ0) is 19.1. The molecule has 0 aliphatic rings. The Morgan fingerprint density at radius 1 is 1.27 bits per heavy atom. The number of rotatable bonds is 5. The van der Waals surface area contributed by atoms with Gasteiger partial charge in [-0.3, -0.25) is 9.13 Å². The summed E-state index contributed by atoms with van der Waals surface area (Å²) >= 11 is 5.94. The highest BCUT2D eigenvalue weighted by Gasteiger charge is 2.18. The third-order valence-corrected chi connectivity index (χ3v) is 4.01. The van der Waals surface area contributed by atoms with Gasteiger partial charge < -0.3 is 10.4 Å². The first-order valence-corrected chi connectivity index (χ1v) is 8.13. The van der Waals surface area contributed by atoms with Crippen LogP contribution in [0.1, 0.15) is 20.3 Å². The smallest absolute Gasteiger partial charge is 0.331 e. The molecule has 3 aromatic rings. The summed E-state index contributed by atoms with van der Waals surface area (Å²) in [5.74, 6) is 0.272. The lowest BCUT2D eigenvalue weighted by Crippen LogP contribution is -2.27. The maximum absolute atomic E-state index is 13.2. The number of aliphatic hydroxyl groups is 1. The predicted octanol–water partition coefficient (Wildman–Crippen LogP) is 1.62. The summed E-state index contributed by atoms with van der Waals surface area (Å²) in [6, 6.07) is 0. The Bertz CT molecular complexity index is 1030. The highest BCUT2D eigenvalue weighted by molar-refractivity contribution is 6.32. The summed E-state index contributed by atoms with van der Waals surface area (Å²) in [4.78, 5) is 27.9. The first-order chi connectivity index (χ1) is 12.2. The fourth-order valence-electron chi connectivity index (χ4n) is 2.35. The fraction of sp³-hybridized carbons (Fsp3) is 0.400. The number of imidazole rings is 1. The lowest BCUT2D eigenvalue weighted by atomic mass is 10.1. The number of nitrogens with one attached hydrogen (secondary N) is 1. The summed E-state index contributed by atoms with van der Waals surface area (Å²) < 4.78 is 16.0. The van der Waals surface area contributed by atoms with Crippen LogP contribution < -0.4 is 11.0 Å². The minimum absolute atomic E-state index is 0.0362. The van der Waals surface area contributed by atoms with Crippen LogP contribution in [0.2, 0.25) is 5.02 Å². The molecule has 0 bridgehead atoms. The molecular weight excluding hydrogens is 365 g/mol. The Morgan fingerprint density at radius 3 is 2.69 bits per heavy atom. The molecular formula is C15H17ClFN7O2. The van der Waals surface area contributed by atoms with E-state index in [0.717, 1.165) is 6.20 Å². The Hall–Kier alpha value is -2.59. The highest BCUT2D eigenvalue weighted by Crippen LogP contribution is 2.22. The molecule has 0 saturated heterocycles. The standard InChI is InChI=1S/C15H17ClFN7O2/c1-15(2,26)4-5-24-12-11(23(3)14(24)25)18-7-9(21-12)20-10-8(16)6-19-13(17)22-10/h6-7,26H,4-5H2,1-3H3,(H,19,20,21,22). The van der Waals surface area contributed by atoms with Gasteiger partial charge in [-0.25, -0.2) is 19.7 Å². The van der Waals surface area contributed by atoms with E-state index < -0.39 is 11.7 Å². The van der Waals surface area contributed by atoms with Gasteiger partial charge in [-0.2, -0.15) is 9.37 Å². The molecule has 0 spiro atoms. The molecule has 9 nitrogen and oxygen atoms in total. The van der Waals surface area contributed by atoms with Crippen LogP contribution in [0, 0.1) is 6.08 Å². The van der Waals surface area contributed by atoms with Crippen LogP contribution in [0.25, 0.3) is 11.3 Å². The van der Waals surface area contributed by atoms with Crippen molar-refractivity contribution in [1.82, 2.24) is 29.1 Å². The van der Waals surface area contributed by atoms with Gasteiger partial charge >= 0.3 is 11.8 Å². The molecule has 11 heteroatoms. The fourth-order valence-corrected chi connectivity index (χ4v) is 2.49. The largest absolute Gasteiger partial charge is 0.390 e. The quantitative estimate of drug-likeness (QED) is 0.646. The third kappa shape index (κ3) is 3.65. The van der Waals surface area contributed by atoms with E-state index in [4.69, 9.17) is 11.6 Å². The van der Waals surface area contributed by atoms with Crippen molar-refractivity contribution in [3.8, 4) is 0 Å². The number of aryl methyl sites for hydroxylation is 2. The average Bonchev–Trinajstić information content (AvgIpc) is 2.79. The van der Waals surface area contributed by atoms with Crippen molar-refractivity contribution in [2.45, 2.75) is 32.4 Å². The van der Waals surface area contributed by atoms with Gasteiger partial charge in [0.05, 0.1) is 18.0 Å². The predicted molar refractivity (Wildman–Crippen MR) is 94.0 cm³/mol. The second kappa shape index (κ2) is 6.61. The van der Waals surface area contributed by atoms with E-state index in [9.17, 15) is 14.3 Å². The summed E-state index contributed by atoms with van der Waals surface area (Å²) in [5, 5.41) is 12.8. The van der Waals surface area contributed by atoms with E-state index in [1.54, 1.807) is 20.9 Å². The van der Waals surface area contributed by atoms with Gasteiger partial charge in [-0.15, -0.1) is 0 Å². The highest BCUT2D eigenvalue weighted by atomic mass is 35.5. The second-order valence-electron chi connectivity index (χ2n) is 6.42. The molecule has 3 heterocycles. The molecule has 3 rings (SSSR count). The van der Waals surface area contributed by atoms with E-state index in [1.165, 1.54) is 15.3 Å². The van der Waals surface area contributed by atoms with Crippen molar-refractivity contribution < 1.29 is 9.50 Å². The van der Waals surface area contributed by atoms with Crippen LogP contribution in [0.4, 0.5) is 16.0 Å². The number of anilines is 2. The van der Waals surface area contributed by atoms with Crippen LogP contribution in [0.3, 0.4) is 0 Å². The van der Waals surface area contributed by atoms with Crippen molar-refractivity contribution >= 4 is 34.5 Å². The van der Waals surface area contributed by atoms with Crippen molar-refractivity contribution in [3.63, 3.8) is 0 Å². The van der Waals surface area contributed by atoms with E-state index in [2.05, 4.69) is 25.3 Å². The van der Waals surface area contributed by atoms with Gasteiger partial charge in [-0.05, 0) is 20.3 Å². The normalized spacial score (nSPS) is 11.9. The number of hydrogen-bond donors (Lipinski definition) is 2. The van der Waals surface area contributed by atoms with Gasteiger partial charge in [-0.1, -0.05) is 11.6 Å². The molecule has 26 heavy (non-hydrogen) atoms. The second-order valence-corrected chi connectivity index (χ2v) is 6.83. The van der Waals surface area contributed by atoms with Crippen LogP contribution in [0.15, 0.2) is 17.2 Å². The minimum atomic E-state index is -0.937. The number of nitrogens with zero attached hydrogens (tertiary/aromatic N) is 6. The monoisotopic (exact) mass is 381 g/mol. The molecule has 0 aliphatic heterocycles. The molecule has 0 aromatic carbocycles. The Labute approximate surface area is 152 Å². The number of aromatic nitrogens is 6. The van der Waals surface area contributed by atoms with Crippen LogP contribution in [0.5, 0.6) is 0 Å². The number of fused-ring (bicyclic) bond motifs is 1. The molecule has 0 aliphatic carbocycles. The Kier molecular flexibility index (Phi) is 4.63. The summed E-state index contributed by atoms with van der Waals surface area (Å²) in [7, 11) is 1.59. The molecule has 3 aromatic heterocycles. The Balaban J connectivity index is 2.01. The maximum atomic E-state index is 13.2. The lowest BCUT2D eigenvalue weighted by molar-refractivity contribution is 0.0662. The average molecular weight is 382 g/mol. The van der Waals surface area contributed by atoms with E-state index in [0.29, 0.717) is 17.7 Å². The SMILES string of the molecule is Cn1c(=O)n(CCC(C)(C)O)c2nc(Nc3nc(F)ncc3Cl)cnc21. The van der Waals surface area contributed by atoms with E-state index >= 15 is 0 Å². The first kappa shape index (κ1) is 18.2. The molecule has 0 saturated carbocycles. The number of halogens is 2. The molecule has 0 amide bonds. The zero-order valence-electron chi connectivity index (χ0n) is 14.4. The van der Waals surface area contributed by atoms with Crippen molar-refractivity contribution in [3.05, 3.63) is 34.0 Å². The molecule has 2 N–H and O–H groups in total. The Morgan fingerprint density at radius 2 is 2.00 bits per heavy atom. The number of hydrogen-bond acceptors (Lipinski definition) is 7. The van der Waals surface area contributed by atoms with Crippen molar-refractivity contribution in [2.75, 3.05) is 5.32 Å². The molecule has 138 valence electrons. The molecule has 0 unspecified atom stereocenters. The lowest BCUT2D eigenvalue weighted by Gasteiger charge is -2.16. The van der Waals surface area contributed by atoms with Crippen molar-refractivity contribution in [2.24, 2.45) is 7.05 Å². The van der Waals surface area contributed by atoms with Gasteiger partial charge in [0.1, 0.15) is 5.02 Å². The van der Waals surface area contributed by atoms with E-state index in [1.807, 2.05) is 0 Å². The van der Waals surface area contributed by atoms with E-state index in [-0.39, 0.29) is 28.9 Å². The zero-order valence-corrected chi connectivity index (χ0v) is 15.1. The third-order valence-electron chi connectivity index (χ3n) is 3.74.